The molecule has 0 aromatic carbocycles. The molecule has 2 heterocycles. The van der Waals surface area contributed by atoms with E-state index in [2.05, 4.69) is 40.3 Å². The summed E-state index contributed by atoms with van der Waals surface area (Å²) in [7, 11) is 1.67. The molecule has 0 aliphatic heterocycles. The maximum absolute atomic E-state index is 5.85. The van der Waals surface area contributed by atoms with Crippen LogP contribution in [0.25, 0.3) is 0 Å². The second kappa shape index (κ2) is 7.24. The minimum Gasteiger partial charge on any atom is -0.462 e. The van der Waals surface area contributed by atoms with E-state index in [9.17, 15) is 0 Å². The molecule has 3 nitrogen and oxygen atoms in total. The zero-order chi connectivity index (χ0) is 13.7. The van der Waals surface area contributed by atoms with Crippen LogP contribution in [0.5, 0.6) is 0 Å². The Balaban J connectivity index is 2.20. The maximum Gasteiger partial charge on any atom is 0.129 e. The molecule has 0 aliphatic carbocycles. The summed E-state index contributed by atoms with van der Waals surface area (Å²) in [5.41, 5.74) is 0. The Morgan fingerprint density at radius 3 is 2.84 bits per heavy atom. The first-order valence-corrected chi connectivity index (χ1v) is 7.91. The van der Waals surface area contributed by atoms with Crippen LogP contribution in [-0.4, -0.2) is 13.7 Å². The number of furan rings is 1. The zero-order valence-electron chi connectivity index (χ0n) is 11.1. The van der Waals surface area contributed by atoms with Crippen molar-refractivity contribution in [2.75, 3.05) is 13.7 Å². The third-order valence-electron chi connectivity index (χ3n) is 2.73. The largest absolute Gasteiger partial charge is 0.462 e. The minimum absolute atomic E-state index is 0.113. The summed E-state index contributed by atoms with van der Waals surface area (Å²) in [6.07, 6.45) is 1.09. The van der Waals surface area contributed by atoms with Gasteiger partial charge in [-0.1, -0.05) is 6.92 Å². The van der Waals surface area contributed by atoms with Crippen LogP contribution in [0.3, 0.4) is 0 Å². The number of nitrogens with one attached hydrogen (secondary N) is 1. The monoisotopic (exact) mass is 343 g/mol. The molecule has 0 radical (unpaired) electrons. The highest BCUT2D eigenvalue weighted by molar-refractivity contribution is 9.11. The van der Waals surface area contributed by atoms with Crippen molar-refractivity contribution in [3.05, 3.63) is 44.4 Å². The molecule has 1 N–H and O–H groups in total. The van der Waals surface area contributed by atoms with Gasteiger partial charge in [-0.05, 0) is 53.2 Å². The zero-order valence-corrected chi connectivity index (χ0v) is 13.5. The van der Waals surface area contributed by atoms with Gasteiger partial charge in [0, 0.05) is 12.0 Å². The Hall–Kier alpha value is -0.620. The van der Waals surface area contributed by atoms with Gasteiger partial charge in [0.1, 0.15) is 24.2 Å². The van der Waals surface area contributed by atoms with Crippen molar-refractivity contribution >= 4 is 27.3 Å². The van der Waals surface area contributed by atoms with Crippen LogP contribution < -0.4 is 5.32 Å². The Kier molecular flexibility index (Phi) is 5.63. The molecule has 0 fully saturated rings. The van der Waals surface area contributed by atoms with E-state index in [1.165, 1.54) is 4.88 Å². The number of halogens is 1. The van der Waals surface area contributed by atoms with Crippen LogP contribution in [0.15, 0.2) is 32.5 Å². The molecular weight excluding hydrogens is 326 g/mol. The topological polar surface area (TPSA) is 34.4 Å². The molecular formula is C14H18BrNO2S. The number of methoxy groups -OCH3 is 1. The normalized spacial score (nSPS) is 12.8. The van der Waals surface area contributed by atoms with Gasteiger partial charge in [0.25, 0.3) is 0 Å². The number of hydrogen-bond donors (Lipinski definition) is 1. The van der Waals surface area contributed by atoms with E-state index < -0.39 is 0 Å². The highest BCUT2D eigenvalue weighted by atomic mass is 79.9. The SMILES string of the molecule is CCCNC(c1ccc(COC)o1)c1ccc(Br)s1. The van der Waals surface area contributed by atoms with Crippen LogP contribution in [0, 0.1) is 0 Å². The molecule has 0 aliphatic rings. The van der Waals surface area contributed by atoms with Crippen LogP contribution >= 0.6 is 27.3 Å². The molecule has 0 saturated carbocycles. The second-order valence-electron chi connectivity index (χ2n) is 4.27. The van der Waals surface area contributed by atoms with Crippen molar-refractivity contribution in [1.29, 1.82) is 0 Å². The first-order chi connectivity index (χ1) is 9.24. The molecule has 0 spiro atoms. The summed E-state index contributed by atoms with van der Waals surface area (Å²) in [6.45, 7) is 3.63. The molecule has 1 unspecified atom stereocenters. The van der Waals surface area contributed by atoms with Gasteiger partial charge in [-0.25, -0.2) is 0 Å². The highest BCUT2D eigenvalue weighted by Crippen LogP contribution is 2.32. The number of thiophene rings is 1. The van der Waals surface area contributed by atoms with Gasteiger partial charge in [0.2, 0.25) is 0 Å². The lowest BCUT2D eigenvalue weighted by atomic mass is 10.2. The summed E-state index contributed by atoms with van der Waals surface area (Å²) in [4.78, 5) is 1.25. The van der Waals surface area contributed by atoms with Crippen molar-refractivity contribution in [2.45, 2.75) is 26.0 Å². The molecule has 2 aromatic heterocycles. The summed E-state index contributed by atoms with van der Waals surface area (Å²) in [5, 5.41) is 3.53. The van der Waals surface area contributed by atoms with Gasteiger partial charge >= 0.3 is 0 Å². The van der Waals surface area contributed by atoms with Crippen LogP contribution in [0.1, 0.15) is 35.8 Å². The van der Waals surface area contributed by atoms with Gasteiger partial charge in [0.05, 0.1) is 3.79 Å². The van der Waals surface area contributed by atoms with E-state index in [0.717, 1.165) is 28.3 Å². The highest BCUT2D eigenvalue weighted by Gasteiger charge is 2.19. The Labute approximate surface area is 126 Å². The first kappa shape index (κ1) is 14.8. The van der Waals surface area contributed by atoms with Gasteiger partial charge in [-0.3, -0.25) is 0 Å². The van der Waals surface area contributed by atoms with Crippen molar-refractivity contribution in [3.8, 4) is 0 Å². The standard InChI is InChI=1S/C14H18BrNO2S/c1-3-8-16-14(12-6-7-13(15)19-12)11-5-4-10(18-11)9-17-2/h4-7,14,16H,3,8-9H2,1-2H3. The fourth-order valence-electron chi connectivity index (χ4n) is 1.88. The van der Waals surface area contributed by atoms with Crippen molar-refractivity contribution in [1.82, 2.24) is 5.32 Å². The van der Waals surface area contributed by atoms with Crippen LogP contribution in [-0.2, 0) is 11.3 Å². The van der Waals surface area contributed by atoms with Crippen molar-refractivity contribution < 1.29 is 9.15 Å². The molecule has 0 bridgehead atoms. The average molecular weight is 344 g/mol. The number of ether oxygens (including phenoxy) is 1. The molecule has 0 saturated heterocycles. The van der Waals surface area contributed by atoms with Crippen LogP contribution in [0.2, 0.25) is 0 Å². The third-order valence-corrected chi connectivity index (χ3v) is 4.42. The second-order valence-corrected chi connectivity index (χ2v) is 6.76. The Morgan fingerprint density at radius 1 is 1.37 bits per heavy atom. The smallest absolute Gasteiger partial charge is 0.129 e. The lowest BCUT2D eigenvalue weighted by Gasteiger charge is -2.14. The molecule has 0 amide bonds. The average Bonchev–Trinajstić information content (AvgIpc) is 3.01. The quantitative estimate of drug-likeness (QED) is 0.811. The van der Waals surface area contributed by atoms with E-state index in [4.69, 9.17) is 9.15 Å². The maximum atomic E-state index is 5.85. The number of rotatable bonds is 7. The predicted molar refractivity (Wildman–Crippen MR) is 81.6 cm³/mol. The molecule has 2 rings (SSSR count). The van der Waals surface area contributed by atoms with Gasteiger partial charge < -0.3 is 14.5 Å². The van der Waals surface area contributed by atoms with E-state index in [1.54, 1.807) is 18.4 Å². The first-order valence-electron chi connectivity index (χ1n) is 6.30. The van der Waals surface area contributed by atoms with Crippen molar-refractivity contribution in [3.63, 3.8) is 0 Å². The number of hydrogen-bond acceptors (Lipinski definition) is 4. The molecule has 104 valence electrons. The van der Waals surface area contributed by atoms with E-state index in [1.807, 2.05) is 12.1 Å². The molecule has 5 heteroatoms. The van der Waals surface area contributed by atoms with Crippen LogP contribution in [0.4, 0.5) is 0 Å². The summed E-state index contributed by atoms with van der Waals surface area (Å²) in [5.74, 6) is 1.80. The van der Waals surface area contributed by atoms with Gasteiger partial charge in [-0.15, -0.1) is 11.3 Å². The predicted octanol–water partition coefficient (Wildman–Crippen LogP) is 4.34. The fraction of sp³-hybridized carbons (Fsp3) is 0.429. The summed E-state index contributed by atoms with van der Waals surface area (Å²) >= 11 is 5.24. The summed E-state index contributed by atoms with van der Waals surface area (Å²) < 4.78 is 12.1. The fourth-order valence-corrected chi connectivity index (χ4v) is 3.39. The van der Waals surface area contributed by atoms with E-state index >= 15 is 0 Å². The van der Waals surface area contributed by atoms with Gasteiger partial charge in [0.15, 0.2) is 0 Å². The molecule has 2 aromatic rings. The van der Waals surface area contributed by atoms with Gasteiger partial charge in [-0.2, -0.15) is 0 Å². The minimum atomic E-state index is 0.113. The Bertz CT molecular complexity index is 509. The lowest BCUT2D eigenvalue weighted by Crippen LogP contribution is -2.21. The van der Waals surface area contributed by atoms with Crippen molar-refractivity contribution in [2.24, 2.45) is 0 Å². The lowest BCUT2D eigenvalue weighted by molar-refractivity contribution is 0.162. The molecule has 19 heavy (non-hydrogen) atoms. The Morgan fingerprint density at radius 2 is 2.21 bits per heavy atom. The van der Waals surface area contributed by atoms with E-state index in [-0.39, 0.29) is 6.04 Å². The third kappa shape index (κ3) is 3.92. The summed E-state index contributed by atoms with van der Waals surface area (Å²) in [6, 6.07) is 8.30. The molecule has 1 atom stereocenters. The van der Waals surface area contributed by atoms with E-state index in [0.29, 0.717) is 6.61 Å².